The standard InChI is InChI=1S/C12H17N5/c1-3-14-9-4-6-10(7-5-9)15-12-8-11(13-2)16-17-12/h4-8,14H,3H2,1-2H3,(H3,13,15,16,17). The van der Waals surface area contributed by atoms with Crippen LogP contribution in [0.15, 0.2) is 30.3 Å². The minimum Gasteiger partial charge on any atom is -0.385 e. The van der Waals surface area contributed by atoms with Crippen molar-refractivity contribution in [2.24, 2.45) is 0 Å². The lowest BCUT2D eigenvalue weighted by molar-refractivity contribution is 1.09. The van der Waals surface area contributed by atoms with E-state index in [1.54, 1.807) is 0 Å². The molecule has 2 rings (SSSR count). The van der Waals surface area contributed by atoms with Crippen molar-refractivity contribution in [1.82, 2.24) is 10.2 Å². The minimum absolute atomic E-state index is 0.816. The first kappa shape index (κ1) is 11.3. The van der Waals surface area contributed by atoms with E-state index in [1.165, 1.54) is 0 Å². The van der Waals surface area contributed by atoms with Gasteiger partial charge in [-0.25, -0.2) is 0 Å². The number of H-pyrrole nitrogens is 1. The smallest absolute Gasteiger partial charge is 0.149 e. The van der Waals surface area contributed by atoms with Crippen LogP contribution in [0.25, 0.3) is 0 Å². The number of aromatic nitrogens is 2. The van der Waals surface area contributed by atoms with Crippen LogP contribution < -0.4 is 16.0 Å². The van der Waals surface area contributed by atoms with Crippen molar-refractivity contribution in [1.29, 1.82) is 0 Å². The summed E-state index contributed by atoms with van der Waals surface area (Å²) in [5.74, 6) is 1.68. The highest BCUT2D eigenvalue weighted by Gasteiger charge is 1.99. The van der Waals surface area contributed by atoms with E-state index < -0.39 is 0 Å². The van der Waals surface area contributed by atoms with Crippen molar-refractivity contribution in [3.05, 3.63) is 30.3 Å². The van der Waals surface area contributed by atoms with E-state index in [-0.39, 0.29) is 0 Å². The van der Waals surface area contributed by atoms with Crippen LogP contribution in [0.5, 0.6) is 0 Å². The number of nitrogens with one attached hydrogen (secondary N) is 4. The fourth-order valence-electron chi connectivity index (χ4n) is 1.54. The molecule has 0 atom stereocenters. The van der Waals surface area contributed by atoms with E-state index in [4.69, 9.17) is 0 Å². The summed E-state index contributed by atoms with van der Waals surface area (Å²) in [5.41, 5.74) is 2.15. The molecule has 1 aromatic carbocycles. The van der Waals surface area contributed by atoms with Crippen molar-refractivity contribution in [3.63, 3.8) is 0 Å². The van der Waals surface area contributed by atoms with Crippen LogP contribution in [0.3, 0.4) is 0 Å². The Kier molecular flexibility index (Phi) is 3.49. The van der Waals surface area contributed by atoms with E-state index in [9.17, 15) is 0 Å². The molecule has 0 bridgehead atoms. The van der Waals surface area contributed by atoms with Gasteiger partial charge in [-0.3, -0.25) is 5.10 Å². The van der Waals surface area contributed by atoms with Gasteiger partial charge in [-0.1, -0.05) is 0 Å². The van der Waals surface area contributed by atoms with E-state index in [0.717, 1.165) is 29.6 Å². The van der Waals surface area contributed by atoms with Gasteiger partial charge in [-0.2, -0.15) is 5.10 Å². The molecular formula is C12H17N5. The van der Waals surface area contributed by atoms with E-state index in [1.807, 2.05) is 37.4 Å². The number of hydrogen-bond donors (Lipinski definition) is 4. The molecule has 0 radical (unpaired) electrons. The zero-order valence-electron chi connectivity index (χ0n) is 10.0. The topological polar surface area (TPSA) is 64.8 Å². The zero-order valence-corrected chi connectivity index (χ0v) is 10.0. The first-order chi connectivity index (χ1) is 8.31. The van der Waals surface area contributed by atoms with Crippen molar-refractivity contribution in [3.8, 4) is 0 Å². The van der Waals surface area contributed by atoms with E-state index in [2.05, 4.69) is 33.1 Å². The molecule has 0 aliphatic heterocycles. The number of anilines is 4. The summed E-state index contributed by atoms with van der Waals surface area (Å²) in [5, 5.41) is 16.4. The second-order valence-electron chi connectivity index (χ2n) is 3.65. The second kappa shape index (κ2) is 5.25. The number of rotatable bonds is 5. The molecule has 5 nitrogen and oxygen atoms in total. The van der Waals surface area contributed by atoms with Crippen molar-refractivity contribution in [2.45, 2.75) is 6.92 Å². The Morgan fingerprint density at radius 2 is 1.88 bits per heavy atom. The Morgan fingerprint density at radius 1 is 1.18 bits per heavy atom. The Hall–Kier alpha value is -2.17. The molecule has 0 aliphatic carbocycles. The van der Waals surface area contributed by atoms with Gasteiger partial charge < -0.3 is 16.0 Å². The lowest BCUT2D eigenvalue weighted by atomic mass is 10.3. The SMILES string of the molecule is CCNc1ccc(Nc2cc(NC)n[nH]2)cc1. The average Bonchev–Trinajstić information content (AvgIpc) is 2.80. The summed E-state index contributed by atoms with van der Waals surface area (Å²) < 4.78 is 0. The quantitative estimate of drug-likeness (QED) is 0.638. The first-order valence-corrected chi connectivity index (χ1v) is 5.66. The third-order valence-corrected chi connectivity index (χ3v) is 2.38. The molecule has 0 saturated carbocycles. The average molecular weight is 231 g/mol. The predicted molar refractivity (Wildman–Crippen MR) is 72.0 cm³/mol. The molecule has 1 aromatic heterocycles. The highest BCUT2D eigenvalue weighted by molar-refractivity contribution is 5.62. The van der Waals surface area contributed by atoms with Gasteiger partial charge in [0, 0.05) is 31.0 Å². The minimum atomic E-state index is 0.816. The Bertz CT molecular complexity index is 460. The van der Waals surface area contributed by atoms with Crippen molar-refractivity contribution >= 4 is 23.0 Å². The Morgan fingerprint density at radius 3 is 2.47 bits per heavy atom. The van der Waals surface area contributed by atoms with Crippen LogP contribution in [-0.4, -0.2) is 23.8 Å². The Labute approximate surface area is 101 Å². The maximum atomic E-state index is 4.07. The summed E-state index contributed by atoms with van der Waals surface area (Å²) in [4.78, 5) is 0. The van der Waals surface area contributed by atoms with E-state index >= 15 is 0 Å². The summed E-state index contributed by atoms with van der Waals surface area (Å²) in [6, 6.07) is 10.1. The summed E-state index contributed by atoms with van der Waals surface area (Å²) in [6.45, 7) is 3.01. The normalized spacial score (nSPS) is 10.0. The summed E-state index contributed by atoms with van der Waals surface area (Å²) in [6.07, 6.45) is 0. The second-order valence-corrected chi connectivity index (χ2v) is 3.65. The fraction of sp³-hybridized carbons (Fsp3) is 0.250. The van der Waals surface area contributed by atoms with Crippen molar-refractivity contribution < 1.29 is 0 Å². The summed E-state index contributed by atoms with van der Waals surface area (Å²) in [7, 11) is 1.84. The predicted octanol–water partition coefficient (Wildman–Crippen LogP) is 2.63. The van der Waals surface area contributed by atoms with Crippen LogP contribution in [0.4, 0.5) is 23.0 Å². The molecular weight excluding hydrogens is 214 g/mol. The monoisotopic (exact) mass is 231 g/mol. The summed E-state index contributed by atoms with van der Waals surface area (Å²) >= 11 is 0. The van der Waals surface area contributed by atoms with Gasteiger partial charge in [0.2, 0.25) is 0 Å². The molecule has 0 saturated heterocycles. The van der Waals surface area contributed by atoms with Gasteiger partial charge in [0.05, 0.1) is 0 Å². The van der Waals surface area contributed by atoms with Gasteiger partial charge in [0.25, 0.3) is 0 Å². The van der Waals surface area contributed by atoms with Crippen LogP contribution in [0, 0.1) is 0 Å². The molecule has 90 valence electrons. The molecule has 2 aromatic rings. The molecule has 0 fully saturated rings. The zero-order chi connectivity index (χ0) is 12.1. The fourth-order valence-corrected chi connectivity index (χ4v) is 1.54. The third kappa shape index (κ3) is 2.90. The van der Waals surface area contributed by atoms with Gasteiger partial charge in [-0.05, 0) is 31.2 Å². The third-order valence-electron chi connectivity index (χ3n) is 2.38. The maximum Gasteiger partial charge on any atom is 0.149 e. The molecule has 1 heterocycles. The lowest BCUT2D eigenvalue weighted by Crippen LogP contribution is -1.96. The molecule has 5 heteroatoms. The largest absolute Gasteiger partial charge is 0.385 e. The lowest BCUT2D eigenvalue weighted by Gasteiger charge is -2.06. The highest BCUT2D eigenvalue weighted by Crippen LogP contribution is 2.18. The first-order valence-electron chi connectivity index (χ1n) is 5.66. The van der Waals surface area contributed by atoms with Gasteiger partial charge >= 0.3 is 0 Å². The number of hydrogen-bond acceptors (Lipinski definition) is 4. The highest BCUT2D eigenvalue weighted by atomic mass is 15.2. The molecule has 0 aliphatic rings. The maximum absolute atomic E-state index is 4.07. The molecule has 0 amide bonds. The molecule has 4 N–H and O–H groups in total. The number of nitrogens with zero attached hydrogens (tertiary/aromatic N) is 1. The number of benzene rings is 1. The van der Waals surface area contributed by atoms with Gasteiger partial charge in [0.15, 0.2) is 0 Å². The molecule has 17 heavy (non-hydrogen) atoms. The van der Waals surface area contributed by atoms with E-state index in [0.29, 0.717) is 0 Å². The van der Waals surface area contributed by atoms with Gasteiger partial charge in [0.1, 0.15) is 11.6 Å². The van der Waals surface area contributed by atoms with Crippen LogP contribution in [0.1, 0.15) is 6.92 Å². The Balaban J connectivity index is 2.03. The molecule has 0 spiro atoms. The van der Waals surface area contributed by atoms with Gasteiger partial charge in [-0.15, -0.1) is 0 Å². The van der Waals surface area contributed by atoms with Crippen LogP contribution >= 0.6 is 0 Å². The van der Waals surface area contributed by atoms with Crippen molar-refractivity contribution in [2.75, 3.05) is 29.5 Å². The van der Waals surface area contributed by atoms with Crippen LogP contribution in [0.2, 0.25) is 0 Å². The number of aromatic amines is 1. The molecule has 0 unspecified atom stereocenters. The van der Waals surface area contributed by atoms with Crippen LogP contribution in [-0.2, 0) is 0 Å².